The first-order valence-corrected chi connectivity index (χ1v) is 6.39. The van der Waals surface area contributed by atoms with E-state index in [0.717, 1.165) is 22.4 Å². The molecule has 0 bridgehead atoms. The molecule has 0 aromatic heterocycles. The first-order chi connectivity index (χ1) is 9.63. The van der Waals surface area contributed by atoms with E-state index in [1.54, 1.807) is 12.1 Å². The maximum Gasteiger partial charge on any atom is 0.165 e. The van der Waals surface area contributed by atoms with Gasteiger partial charge in [0.25, 0.3) is 0 Å². The molecule has 0 heterocycles. The van der Waals surface area contributed by atoms with Gasteiger partial charge in [-0.2, -0.15) is 0 Å². The molecular weight excluding hydrogens is 257 g/mol. The van der Waals surface area contributed by atoms with Crippen molar-refractivity contribution >= 4 is 0 Å². The molecule has 2 aromatic rings. The largest absolute Gasteiger partial charge is 0.494 e. The van der Waals surface area contributed by atoms with Crippen molar-refractivity contribution in [2.45, 2.75) is 20.1 Å². The summed E-state index contributed by atoms with van der Waals surface area (Å²) in [6.45, 7) is 2.73. The minimum Gasteiger partial charge on any atom is -0.494 e. The standard InChI is InChI=1S/C16H18FNO2/c1-11-3-4-12(9-18)8-16(11)20-10-13-5-6-15(19-2)14(17)7-13/h3-8H,9-10,18H2,1-2H3. The van der Waals surface area contributed by atoms with E-state index >= 15 is 0 Å². The molecule has 0 saturated carbocycles. The highest BCUT2D eigenvalue weighted by Crippen LogP contribution is 2.22. The Morgan fingerprint density at radius 1 is 1.05 bits per heavy atom. The van der Waals surface area contributed by atoms with Crippen LogP contribution in [0.4, 0.5) is 4.39 Å². The highest BCUT2D eigenvalue weighted by Gasteiger charge is 2.05. The summed E-state index contributed by atoms with van der Waals surface area (Å²) in [5.41, 5.74) is 8.39. The van der Waals surface area contributed by atoms with Crippen molar-refractivity contribution in [3.63, 3.8) is 0 Å². The van der Waals surface area contributed by atoms with Gasteiger partial charge in [-0.15, -0.1) is 0 Å². The number of halogens is 1. The zero-order chi connectivity index (χ0) is 14.5. The summed E-state index contributed by atoms with van der Waals surface area (Å²) in [6.07, 6.45) is 0. The SMILES string of the molecule is COc1ccc(COc2cc(CN)ccc2C)cc1F. The van der Waals surface area contributed by atoms with Crippen LogP contribution < -0.4 is 15.2 Å². The predicted octanol–water partition coefficient (Wildman–Crippen LogP) is 3.18. The van der Waals surface area contributed by atoms with Gasteiger partial charge in [-0.3, -0.25) is 0 Å². The Kier molecular flexibility index (Phi) is 4.58. The van der Waals surface area contributed by atoms with Gasteiger partial charge in [-0.1, -0.05) is 18.2 Å². The molecule has 0 atom stereocenters. The minimum atomic E-state index is -0.388. The van der Waals surface area contributed by atoms with Gasteiger partial charge in [0.15, 0.2) is 11.6 Å². The fraction of sp³-hybridized carbons (Fsp3) is 0.250. The van der Waals surface area contributed by atoms with Gasteiger partial charge >= 0.3 is 0 Å². The molecule has 106 valence electrons. The van der Waals surface area contributed by atoms with Gasteiger partial charge < -0.3 is 15.2 Å². The fourth-order valence-electron chi connectivity index (χ4n) is 1.89. The number of hydrogen-bond acceptors (Lipinski definition) is 3. The van der Waals surface area contributed by atoms with Crippen LogP contribution in [0, 0.1) is 12.7 Å². The van der Waals surface area contributed by atoms with Gasteiger partial charge in [-0.25, -0.2) is 4.39 Å². The van der Waals surface area contributed by atoms with Crippen LogP contribution in [-0.2, 0) is 13.2 Å². The highest BCUT2D eigenvalue weighted by molar-refractivity contribution is 5.37. The molecule has 0 fully saturated rings. The van der Waals surface area contributed by atoms with Crippen LogP contribution in [-0.4, -0.2) is 7.11 Å². The van der Waals surface area contributed by atoms with Gasteiger partial charge in [-0.05, 0) is 41.8 Å². The second-order valence-corrected chi connectivity index (χ2v) is 4.56. The van der Waals surface area contributed by atoms with Crippen LogP contribution in [0.15, 0.2) is 36.4 Å². The maximum absolute atomic E-state index is 13.6. The lowest BCUT2D eigenvalue weighted by Crippen LogP contribution is -2.01. The van der Waals surface area contributed by atoms with E-state index in [2.05, 4.69) is 0 Å². The third-order valence-corrected chi connectivity index (χ3v) is 3.10. The van der Waals surface area contributed by atoms with E-state index in [-0.39, 0.29) is 11.6 Å². The Morgan fingerprint density at radius 2 is 1.80 bits per heavy atom. The monoisotopic (exact) mass is 275 g/mol. The molecule has 0 unspecified atom stereocenters. The molecule has 2 rings (SSSR count). The Hall–Kier alpha value is -2.07. The Labute approximate surface area is 118 Å². The average Bonchev–Trinajstić information content (AvgIpc) is 2.46. The molecule has 0 saturated heterocycles. The quantitative estimate of drug-likeness (QED) is 0.911. The third-order valence-electron chi connectivity index (χ3n) is 3.10. The van der Waals surface area contributed by atoms with E-state index in [9.17, 15) is 4.39 Å². The summed E-state index contributed by atoms with van der Waals surface area (Å²) < 4.78 is 24.2. The van der Waals surface area contributed by atoms with Gasteiger partial charge in [0.2, 0.25) is 0 Å². The third kappa shape index (κ3) is 3.27. The topological polar surface area (TPSA) is 44.5 Å². The summed E-state index contributed by atoms with van der Waals surface area (Å²) in [7, 11) is 1.44. The lowest BCUT2D eigenvalue weighted by Gasteiger charge is -2.11. The number of ether oxygens (including phenoxy) is 2. The number of hydrogen-bond donors (Lipinski definition) is 1. The molecule has 2 N–H and O–H groups in total. The summed E-state index contributed by atoms with van der Waals surface area (Å²) >= 11 is 0. The van der Waals surface area contributed by atoms with Gasteiger partial charge in [0, 0.05) is 6.54 Å². The number of benzene rings is 2. The van der Waals surface area contributed by atoms with Crippen LogP contribution in [0.1, 0.15) is 16.7 Å². The lowest BCUT2D eigenvalue weighted by atomic mass is 10.1. The van der Waals surface area contributed by atoms with Crippen molar-refractivity contribution in [3.05, 3.63) is 58.9 Å². The predicted molar refractivity (Wildman–Crippen MR) is 76.4 cm³/mol. The molecule has 0 spiro atoms. The maximum atomic E-state index is 13.6. The first kappa shape index (κ1) is 14.3. The van der Waals surface area contributed by atoms with E-state index in [4.69, 9.17) is 15.2 Å². The second-order valence-electron chi connectivity index (χ2n) is 4.56. The van der Waals surface area contributed by atoms with E-state index in [0.29, 0.717) is 13.2 Å². The van der Waals surface area contributed by atoms with E-state index in [1.807, 2.05) is 25.1 Å². The number of methoxy groups -OCH3 is 1. The zero-order valence-electron chi connectivity index (χ0n) is 11.7. The molecular formula is C16H18FNO2. The molecule has 20 heavy (non-hydrogen) atoms. The molecule has 2 aromatic carbocycles. The number of aryl methyl sites for hydroxylation is 1. The summed E-state index contributed by atoms with van der Waals surface area (Å²) in [4.78, 5) is 0. The molecule has 3 nitrogen and oxygen atoms in total. The van der Waals surface area contributed by atoms with Crippen molar-refractivity contribution in [2.75, 3.05) is 7.11 Å². The second kappa shape index (κ2) is 6.39. The number of nitrogens with two attached hydrogens (primary N) is 1. The van der Waals surface area contributed by atoms with Crippen molar-refractivity contribution in [1.82, 2.24) is 0 Å². The van der Waals surface area contributed by atoms with Gasteiger partial charge in [0.1, 0.15) is 12.4 Å². The summed E-state index contributed by atoms with van der Waals surface area (Å²) in [6, 6.07) is 10.6. The van der Waals surface area contributed by atoms with Crippen LogP contribution in [0.25, 0.3) is 0 Å². The molecule has 0 aliphatic carbocycles. The van der Waals surface area contributed by atoms with E-state index < -0.39 is 0 Å². The zero-order valence-corrected chi connectivity index (χ0v) is 11.7. The van der Waals surface area contributed by atoms with Crippen molar-refractivity contribution < 1.29 is 13.9 Å². The Balaban J connectivity index is 2.10. The summed E-state index contributed by atoms with van der Waals surface area (Å²) in [5, 5.41) is 0. The Morgan fingerprint density at radius 3 is 2.45 bits per heavy atom. The summed E-state index contributed by atoms with van der Waals surface area (Å²) in [5.74, 6) is 0.611. The van der Waals surface area contributed by atoms with E-state index in [1.165, 1.54) is 13.2 Å². The smallest absolute Gasteiger partial charge is 0.165 e. The van der Waals surface area contributed by atoms with Gasteiger partial charge in [0.05, 0.1) is 7.11 Å². The highest BCUT2D eigenvalue weighted by atomic mass is 19.1. The minimum absolute atomic E-state index is 0.232. The van der Waals surface area contributed by atoms with Crippen LogP contribution in [0.3, 0.4) is 0 Å². The average molecular weight is 275 g/mol. The molecule has 0 radical (unpaired) electrons. The van der Waals surface area contributed by atoms with Crippen LogP contribution in [0.2, 0.25) is 0 Å². The molecule has 0 aliphatic rings. The molecule has 0 aliphatic heterocycles. The molecule has 4 heteroatoms. The fourth-order valence-corrected chi connectivity index (χ4v) is 1.89. The number of rotatable bonds is 5. The first-order valence-electron chi connectivity index (χ1n) is 6.39. The Bertz CT molecular complexity index is 599. The van der Waals surface area contributed by atoms with Crippen molar-refractivity contribution in [3.8, 4) is 11.5 Å². The normalized spacial score (nSPS) is 10.4. The molecule has 0 amide bonds. The lowest BCUT2D eigenvalue weighted by molar-refractivity contribution is 0.302. The van der Waals surface area contributed by atoms with Crippen molar-refractivity contribution in [2.24, 2.45) is 5.73 Å². The van der Waals surface area contributed by atoms with Crippen LogP contribution >= 0.6 is 0 Å². The van der Waals surface area contributed by atoms with Crippen LogP contribution in [0.5, 0.6) is 11.5 Å². The van der Waals surface area contributed by atoms with Crippen molar-refractivity contribution in [1.29, 1.82) is 0 Å².